The molecule has 2 N–H and O–H groups in total. The Bertz CT molecular complexity index is 750. The summed E-state index contributed by atoms with van der Waals surface area (Å²) in [5, 5.41) is 3.78. The summed E-state index contributed by atoms with van der Waals surface area (Å²) in [5.41, 5.74) is -1.36. The number of anilines is 1. The number of hydrogen-bond donors (Lipinski definition) is 1. The zero-order valence-electron chi connectivity index (χ0n) is 11.4. The molecule has 1 heterocycles. The van der Waals surface area contributed by atoms with Crippen LogP contribution in [-0.4, -0.2) is 39.2 Å². The molecule has 10 heteroatoms. The molecule has 1 aromatic carbocycles. The van der Waals surface area contributed by atoms with E-state index in [-0.39, 0.29) is 6.54 Å². The largest absolute Gasteiger partial charge is 0.465 e. The number of primary sulfonamides is 1. The molecule has 1 fully saturated rings. The van der Waals surface area contributed by atoms with E-state index in [2.05, 4.69) is 4.74 Å². The highest BCUT2D eigenvalue weighted by Crippen LogP contribution is 2.30. The van der Waals surface area contributed by atoms with Crippen molar-refractivity contribution in [3.63, 3.8) is 0 Å². The first-order valence-corrected chi connectivity index (χ1v) is 7.66. The van der Waals surface area contributed by atoms with E-state index in [0.29, 0.717) is 0 Å². The second kappa shape index (κ2) is 5.61. The predicted octanol–water partition coefficient (Wildman–Crippen LogP) is 0.145. The van der Waals surface area contributed by atoms with Gasteiger partial charge < -0.3 is 9.64 Å². The van der Waals surface area contributed by atoms with Gasteiger partial charge in [0.15, 0.2) is 5.82 Å². The summed E-state index contributed by atoms with van der Waals surface area (Å²) in [5.74, 6) is -4.38. The maximum absolute atomic E-state index is 14.3. The smallest absolute Gasteiger partial charge is 0.343 e. The van der Waals surface area contributed by atoms with E-state index in [0.717, 1.165) is 24.1 Å². The first-order chi connectivity index (χ1) is 10.2. The Hall–Kier alpha value is -2.07. The molecule has 1 amide bonds. The highest BCUT2D eigenvalue weighted by Gasteiger charge is 2.39. The Morgan fingerprint density at radius 1 is 1.41 bits per heavy atom. The van der Waals surface area contributed by atoms with Crippen molar-refractivity contribution >= 4 is 27.6 Å². The van der Waals surface area contributed by atoms with Crippen molar-refractivity contribution in [2.45, 2.75) is 11.7 Å². The molecule has 1 atom stereocenters. The summed E-state index contributed by atoms with van der Waals surface area (Å²) in [6, 6.07) is 1.74. The molecule has 1 unspecified atom stereocenters. The lowest BCUT2D eigenvalue weighted by atomic mass is 10.1. The van der Waals surface area contributed by atoms with Crippen LogP contribution in [-0.2, 0) is 19.6 Å². The van der Waals surface area contributed by atoms with Gasteiger partial charge in [-0.1, -0.05) is 0 Å². The number of benzene rings is 1. The Morgan fingerprint density at radius 3 is 2.55 bits per heavy atom. The Balaban J connectivity index is 2.46. The van der Waals surface area contributed by atoms with Gasteiger partial charge in [0.25, 0.3) is 0 Å². The molecule has 0 aliphatic carbocycles. The van der Waals surface area contributed by atoms with Crippen LogP contribution >= 0.6 is 0 Å². The van der Waals surface area contributed by atoms with Crippen LogP contribution in [0.25, 0.3) is 0 Å². The molecule has 0 saturated carbocycles. The van der Waals surface area contributed by atoms with E-state index in [1.807, 2.05) is 0 Å². The Labute approximate surface area is 124 Å². The number of sulfonamides is 1. The molecule has 1 aliphatic rings. The lowest BCUT2D eigenvalue weighted by molar-refractivity contribution is -0.117. The van der Waals surface area contributed by atoms with Gasteiger partial charge in [0.05, 0.1) is 12.8 Å². The second-order valence-electron chi connectivity index (χ2n) is 4.67. The highest BCUT2D eigenvalue weighted by molar-refractivity contribution is 7.89. The van der Waals surface area contributed by atoms with Crippen molar-refractivity contribution in [2.24, 2.45) is 5.14 Å². The summed E-state index contributed by atoms with van der Waals surface area (Å²) in [4.78, 5) is 24.1. The molecule has 1 aromatic rings. The van der Waals surface area contributed by atoms with Crippen LogP contribution in [0.5, 0.6) is 0 Å². The average molecular weight is 334 g/mol. The van der Waals surface area contributed by atoms with E-state index in [1.54, 1.807) is 0 Å². The van der Waals surface area contributed by atoms with Crippen LogP contribution in [0, 0.1) is 11.6 Å². The van der Waals surface area contributed by atoms with Crippen LogP contribution in [0.15, 0.2) is 12.1 Å². The number of halogens is 2. The van der Waals surface area contributed by atoms with Crippen molar-refractivity contribution in [2.75, 3.05) is 18.6 Å². The number of ether oxygens (including phenoxy) is 1. The van der Waals surface area contributed by atoms with Gasteiger partial charge in [-0.2, -0.15) is 0 Å². The number of amides is 1. The summed E-state index contributed by atoms with van der Waals surface area (Å²) in [6.45, 7) is -0.374. The number of esters is 1. The van der Waals surface area contributed by atoms with E-state index in [1.165, 1.54) is 0 Å². The van der Waals surface area contributed by atoms with Crippen LogP contribution in [0.4, 0.5) is 14.5 Å². The molecule has 120 valence electrons. The quantitative estimate of drug-likeness (QED) is 0.792. The fraction of sp³-hybridized carbons (Fsp3) is 0.333. The number of carbonyl (C=O) groups excluding carboxylic acids is 2. The third kappa shape index (κ3) is 2.79. The number of rotatable bonds is 3. The zero-order valence-corrected chi connectivity index (χ0v) is 12.2. The third-order valence-corrected chi connectivity index (χ3v) is 4.55. The highest BCUT2D eigenvalue weighted by atomic mass is 32.2. The van der Waals surface area contributed by atoms with E-state index in [4.69, 9.17) is 5.14 Å². The van der Waals surface area contributed by atoms with Crippen LogP contribution in [0.3, 0.4) is 0 Å². The fourth-order valence-electron chi connectivity index (χ4n) is 2.17. The van der Waals surface area contributed by atoms with Crippen molar-refractivity contribution in [1.29, 1.82) is 0 Å². The summed E-state index contributed by atoms with van der Waals surface area (Å²) in [7, 11) is -3.03. The molecule has 0 aromatic heterocycles. The third-order valence-electron chi connectivity index (χ3n) is 3.31. The number of hydrogen-bond acceptors (Lipinski definition) is 5. The summed E-state index contributed by atoms with van der Waals surface area (Å²) < 4.78 is 54.7. The maximum Gasteiger partial charge on any atom is 0.343 e. The second-order valence-corrected chi connectivity index (χ2v) is 6.51. The van der Waals surface area contributed by atoms with Crippen LogP contribution in [0.2, 0.25) is 0 Å². The summed E-state index contributed by atoms with van der Waals surface area (Å²) in [6.07, 6.45) is -0.413. The van der Waals surface area contributed by atoms with Gasteiger partial charge in [-0.15, -0.1) is 0 Å². The normalized spacial score (nSPS) is 18.6. The molecule has 0 spiro atoms. The Kier molecular flexibility index (Phi) is 4.16. The molecular weight excluding hydrogens is 322 g/mol. The lowest BCUT2D eigenvalue weighted by Crippen LogP contribution is -2.32. The molecule has 2 rings (SSSR count). The van der Waals surface area contributed by atoms with Gasteiger partial charge in [0.1, 0.15) is 16.6 Å². The van der Waals surface area contributed by atoms with Gasteiger partial charge in [-0.05, 0) is 12.1 Å². The zero-order chi connectivity index (χ0) is 16.7. The molecule has 0 bridgehead atoms. The van der Waals surface area contributed by atoms with Crippen LogP contribution < -0.4 is 10.0 Å². The van der Waals surface area contributed by atoms with Gasteiger partial charge in [0, 0.05) is 13.0 Å². The Morgan fingerprint density at radius 2 is 2.05 bits per heavy atom. The van der Waals surface area contributed by atoms with Crippen molar-refractivity contribution < 1.29 is 31.5 Å². The first-order valence-electron chi connectivity index (χ1n) is 6.05. The lowest BCUT2D eigenvalue weighted by Gasteiger charge is -2.18. The molecule has 7 nitrogen and oxygen atoms in total. The number of carbonyl (C=O) groups is 2. The van der Waals surface area contributed by atoms with Crippen LogP contribution in [0.1, 0.15) is 16.8 Å². The van der Waals surface area contributed by atoms with Crippen molar-refractivity contribution in [3.8, 4) is 0 Å². The molecule has 1 aliphatic heterocycles. The molecule has 22 heavy (non-hydrogen) atoms. The minimum atomic E-state index is -3.98. The van der Waals surface area contributed by atoms with Gasteiger partial charge in [-0.3, -0.25) is 4.79 Å². The fourth-order valence-corrected chi connectivity index (χ4v) is 2.90. The standard InChI is InChI=1S/C12H12F2N2O5S/c1-21-12(18)10-7(13)2-3-8(11(10)14)16-5-6(4-9(16)17)22(15,19)20/h2-3,6H,4-5H2,1H3,(H2,15,19,20). The number of nitrogens with zero attached hydrogens (tertiary/aromatic N) is 1. The first kappa shape index (κ1) is 16.3. The van der Waals surface area contributed by atoms with E-state index < -0.39 is 56.5 Å². The summed E-state index contributed by atoms with van der Waals surface area (Å²) >= 11 is 0. The molecular formula is C12H12F2N2O5S. The predicted molar refractivity (Wildman–Crippen MR) is 71.6 cm³/mol. The minimum Gasteiger partial charge on any atom is -0.465 e. The van der Waals surface area contributed by atoms with E-state index >= 15 is 0 Å². The number of methoxy groups -OCH3 is 1. The minimum absolute atomic E-state index is 0.374. The van der Waals surface area contributed by atoms with Gasteiger partial charge >= 0.3 is 5.97 Å². The molecule has 0 radical (unpaired) electrons. The maximum atomic E-state index is 14.3. The average Bonchev–Trinajstić information content (AvgIpc) is 2.80. The van der Waals surface area contributed by atoms with Crippen molar-refractivity contribution in [3.05, 3.63) is 29.3 Å². The molecule has 1 saturated heterocycles. The SMILES string of the molecule is COC(=O)c1c(F)ccc(N2CC(S(N)(=O)=O)CC2=O)c1F. The monoisotopic (exact) mass is 334 g/mol. The van der Waals surface area contributed by atoms with Gasteiger partial charge in [-0.25, -0.2) is 27.1 Å². The van der Waals surface area contributed by atoms with Gasteiger partial charge in [0.2, 0.25) is 15.9 Å². The van der Waals surface area contributed by atoms with E-state index in [9.17, 15) is 26.8 Å². The number of nitrogens with two attached hydrogens (primary N) is 1. The topological polar surface area (TPSA) is 107 Å². The van der Waals surface area contributed by atoms with Crippen molar-refractivity contribution in [1.82, 2.24) is 0 Å².